The fourth-order valence-corrected chi connectivity index (χ4v) is 5.21. The van der Waals surface area contributed by atoms with E-state index in [4.69, 9.17) is 23.8 Å². The van der Waals surface area contributed by atoms with Crippen molar-refractivity contribution >= 4 is 58.3 Å². The Kier molecular flexibility index (Phi) is 5.38. The van der Waals surface area contributed by atoms with Crippen LogP contribution in [0.2, 0.25) is 5.02 Å². The van der Waals surface area contributed by atoms with Crippen LogP contribution < -0.4 is 4.87 Å². The van der Waals surface area contributed by atoms with Crippen molar-refractivity contribution in [3.05, 3.63) is 54.0 Å². The van der Waals surface area contributed by atoms with Gasteiger partial charge in [-0.1, -0.05) is 46.0 Å². The molecule has 4 nitrogen and oxygen atoms in total. The quantitative estimate of drug-likeness (QED) is 0.461. The molecule has 3 aromatic rings. The number of aromatic nitrogens is 3. The van der Waals surface area contributed by atoms with Gasteiger partial charge in [0.1, 0.15) is 0 Å². The van der Waals surface area contributed by atoms with Crippen molar-refractivity contribution in [3.63, 3.8) is 0 Å². The molecular weight excluding hydrogens is 390 g/mol. The lowest BCUT2D eigenvalue weighted by molar-refractivity contribution is 0.730. The number of hydrogen-bond acceptors (Lipinski definition) is 6. The summed E-state index contributed by atoms with van der Waals surface area (Å²) in [6.45, 7) is 2.62. The van der Waals surface area contributed by atoms with Gasteiger partial charge in [0.25, 0.3) is 0 Å². The lowest BCUT2D eigenvalue weighted by Gasteiger charge is -2.02. The van der Waals surface area contributed by atoms with E-state index in [9.17, 15) is 4.79 Å². The summed E-state index contributed by atoms with van der Waals surface area (Å²) in [7, 11) is 0. The lowest BCUT2D eigenvalue weighted by Crippen LogP contribution is -2.15. The van der Waals surface area contributed by atoms with Crippen molar-refractivity contribution in [2.24, 2.45) is 0 Å². The Hall–Kier alpha value is -0.930. The van der Waals surface area contributed by atoms with Gasteiger partial charge >= 0.3 is 4.87 Å². The Labute approximate surface area is 155 Å². The van der Waals surface area contributed by atoms with Crippen LogP contribution in [-0.4, -0.2) is 20.1 Å². The topological polar surface area (TPSA) is 39.8 Å². The van der Waals surface area contributed by atoms with E-state index in [1.807, 2.05) is 36.6 Å². The number of thiazole rings is 1. The van der Waals surface area contributed by atoms with Gasteiger partial charge in [0, 0.05) is 28.4 Å². The minimum atomic E-state index is 0.0856. The number of hydrogen-bond donors (Lipinski definition) is 0. The largest absolute Gasteiger partial charge is 0.307 e. The molecule has 0 saturated carbocycles. The highest BCUT2D eigenvalue weighted by atomic mass is 35.5. The zero-order chi connectivity index (χ0) is 16.4. The average Bonchev–Trinajstić information content (AvgIpc) is 3.05. The maximum atomic E-state index is 11.7. The maximum Gasteiger partial charge on any atom is 0.307 e. The van der Waals surface area contributed by atoms with Crippen LogP contribution in [-0.2, 0) is 6.54 Å². The molecule has 120 valence electrons. The molecule has 0 saturated heterocycles. The summed E-state index contributed by atoms with van der Waals surface area (Å²) in [6.07, 6.45) is 0. The van der Waals surface area contributed by atoms with Gasteiger partial charge in [0.15, 0.2) is 8.29 Å². The van der Waals surface area contributed by atoms with Crippen LogP contribution >= 0.6 is 58.3 Å². The zero-order valence-electron chi connectivity index (χ0n) is 12.1. The first-order valence-electron chi connectivity index (χ1n) is 6.68. The summed E-state index contributed by atoms with van der Waals surface area (Å²) < 4.78 is 5.11. The highest BCUT2D eigenvalue weighted by molar-refractivity contribution is 8.01. The van der Waals surface area contributed by atoms with Crippen molar-refractivity contribution in [1.29, 1.82) is 0 Å². The van der Waals surface area contributed by atoms with Gasteiger partial charge in [0.05, 0.1) is 5.69 Å². The molecule has 0 spiro atoms. The Morgan fingerprint density at radius 1 is 1.35 bits per heavy atom. The Bertz CT molecular complexity index is 923. The first kappa shape index (κ1) is 16.9. The number of halogens is 1. The molecule has 2 heterocycles. The summed E-state index contributed by atoms with van der Waals surface area (Å²) >= 11 is 15.6. The minimum absolute atomic E-state index is 0.0856. The van der Waals surface area contributed by atoms with Crippen LogP contribution in [0.25, 0.3) is 5.69 Å². The smallest absolute Gasteiger partial charge is 0.303 e. The van der Waals surface area contributed by atoms with Crippen LogP contribution in [0.4, 0.5) is 0 Å². The van der Waals surface area contributed by atoms with Crippen molar-refractivity contribution in [3.8, 4) is 5.69 Å². The summed E-state index contributed by atoms with van der Waals surface area (Å²) in [5.74, 6) is 0.778. The predicted octanol–water partition coefficient (Wildman–Crippen LogP) is 4.64. The Morgan fingerprint density at radius 3 is 2.74 bits per heavy atom. The van der Waals surface area contributed by atoms with Crippen molar-refractivity contribution in [2.45, 2.75) is 17.8 Å². The molecule has 0 aliphatic carbocycles. The van der Waals surface area contributed by atoms with Crippen LogP contribution in [0, 0.1) is 10.9 Å². The third kappa shape index (κ3) is 3.95. The summed E-state index contributed by atoms with van der Waals surface area (Å²) in [4.78, 5) is 11.8. The van der Waals surface area contributed by atoms with Gasteiger partial charge in [-0.25, -0.2) is 4.68 Å². The molecule has 0 amide bonds. The second-order valence-corrected chi connectivity index (χ2v) is 8.89. The number of nitrogens with zero attached hydrogens (tertiary/aromatic N) is 3. The molecule has 0 aliphatic heterocycles. The first-order chi connectivity index (χ1) is 11.0. The van der Waals surface area contributed by atoms with E-state index >= 15 is 0 Å². The fraction of sp³-hybridized carbons (Fsp3) is 0.214. The van der Waals surface area contributed by atoms with Crippen LogP contribution in [0.15, 0.2) is 38.8 Å². The van der Waals surface area contributed by atoms with E-state index in [2.05, 4.69) is 5.10 Å². The highest BCUT2D eigenvalue weighted by Crippen LogP contribution is 2.24. The standard InChI is InChI=1S/C14H12ClN3OS4/c1-9-8-22-13(19)17(9)6-7-21-12-16-18(14(20)23-12)11-4-2-10(15)3-5-11/h2-5,8H,6-7H2,1H3. The maximum absolute atomic E-state index is 11.7. The van der Waals surface area contributed by atoms with Gasteiger partial charge in [-0.3, -0.25) is 4.79 Å². The van der Waals surface area contributed by atoms with Crippen molar-refractivity contribution in [1.82, 2.24) is 14.3 Å². The third-order valence-corrected chi connectivity index (χ3v) is 6.60. The lowest BCUT2D eigenvalue weighted by atomic mass is 10.3. The van der Waals surface area contributed by atoms with Gasteiger partial charge in [0.2, 0.25) is 0 Å². The molecule has 0 radical (unpaired) electrons. The van der Waals surface area contributed by atoms with Gasteiger partial charge in [-0.05, 0) is 43.4 Å². The second kappa shape index (κ2) is 7.31. The molecule has 0 aliphatic rings. The summed E-state index contributed by atoms with van der Waals surface area (Å²) in [5, 5.41) is 7.10. The van der Waals surface area contributed by atoms with Gasteiger partial charge in [-0.15, -0.1) is 5.10 Å². The SMILES string of the molecule is Cc1csc(=O)n1CCSc1nn(-c2ccc(Cl)cc2)c(=S)s1. The normalized spacial score (nSPS) is 11.0. The minimum Gasteiger partial charge on any atom is -0.303 e. The van der Waals surface area contributed by atoms with E-state index < -0.39 is 0 Å². The van der Waals surface area contributed by atoms with Crippen LogP contribution in [0.3, 0.4) is 0 Å². The number of rotatable bonds is 5. The molecule has 0 bridgehead atoms. The third-order valence-electron chi connectivity index (χ3n) is 3.12. The van der Waals surface area contributed by atoms with Crippen LogP contribution in [0.5, 0.6) is 0 Å². The molecule has 1 aromatic carbocycles. The molecule has 0 atom stereocenters. The van der Waals surface area contributed by atoms with Crippen LogP contribution in [0.1, 0.15) is 5.69 Å². The van der Waals surface area contributed by atoms with Gasteiger partial charge < -0.3 is 4.57 Å². The average molecular weight is 402 g/mol. The number of benzene rings is 1. The first-order valence-corrected chi connectivity index (χ1v) is 10.2. The zero-order valence-corrected chi connectivity index (χ0v) is 16.1. The molecule has 0 fully saturated rings. The molecule has 2 aromatic heterocycles. The Morgan fingerprint density at radius 2 is 2.09 bits per heavy atom. The van der Waals surface area contributed by atoms with E-state index in [1.165, 1.54) is 22.7 Å². The molecule has 9 heteroatoms. The van der Waals surface area contributed by atoms with E-state index in [-0.39, 0.29) is 4.87 Å². The van der Waals surface area contributed by atoms with Crippen molar-refractivity contribution in [2.75, 3.05) is 5.75 Å². The fourth-order valence-electron chi connectivity index (χ4n) is 1.96. The van der Waals surface area contributed by atoms with E-state index in [1.54, 1.807) is 21.0 Å². The Balaban J connectivity index is 1.70. The van der Waals surface area contributed by atoms with E-state index in [0.29, 0.717) is 15.5 Å². The number of aryl methyl sites for hydroxylation is 1. The van der Waals surface area contributed by atoms with E-state index in [0.717, 1.165) is 21.5 Å². The molecule has 23 heavy (non-hydrogen) atoms. The number of thioether (sulfide) groups is 1. The molecular formula is C14H12ClN3OS4. The highest BCUT2D eigenvalue weighted by Gasteiger charge is 2.08. The monoisotopic (exact) mass is 401 g/mol. The second-order valence-electron chi connectivity index (χ2n) is 4.67. The predicted molar refractivity (Wildman–Crippen MR) is 101 cm³/mol. The molecule has 3 rings (SSSR count). The molecule has 0 unspecified atom stereocenters. The summed E-state index contributed by atoms with van der Waals surface area (Å²) in [5.41, 5.74) is 1.90. The van der Waals surface area contributed by atoms with Gasteiger partial charge in [-0.2, -0.15) is 0 Å². The summed E-state index contributed by atoms with van der Waals surface area (Å²) in [6, 6.07) is 7.41. The molecule has 0 N–H and O–H groups in total. The van der Waals surface area contributed by atoms with Crippen molar-refractivity contribution < 1.29 is 0 Å².